The van der Waals surface area contributed by atoms with Crippen LogP contribution in [0.2, 0.25) is 0 Å². The molecule has 1 N–H and O–H groups in total. The summed E-state index contributed by atoms with van der Waals surface area (Å²) in [7, 11) is 0. The summed E-state index contributed by atoms with van der Waals surface area (Å²) in [5.41, 5.74) is 1.20. The van der Waals surface area contributed by atoms with Gasteiger partial charge in [-0.15, -0.1) is 11.3 Å². The van der Waals surface area contributed by atoms with Crippen molar-refractivity contribution in [1.29, 1.82) is 0 Å². The van der Waals surface area contributed by atoms with Crippen molar-refractivity contribution in [2.24, 2.45) is 0 Å². The highest BCUT2D eigenvalue weighted by Gasteiger charge is 2.21. The van der Waals surface area contributed by atoms with Gasteiger partial charge in [0.25, 0.3) is 5.91 Å². The van der Waals surface area contributed by atoms with Crippen LogP contribution in [0, 0.1) is 13.8 Å². The molecule has 2 heterocycles. The molecular formula is C14H22N2O2S. The number of aliphatic hydroxyl groups excluding tert-OH is 1. The minimum absolute atomic E-state index is 0.159. The Labute approximate surface area is 118 Å². The highest BCUT2D eigenvalue weighted by Crippen LogP contribution is 2.22. The third-order valence-corrected chi connectivity index (χ3v) is 4.81. The minimum Gasteiger partial charge on any atom is -0.395 e. The minimum atomic E-state index is 0.159. The van der Waals surface area contributed by atoms with Crippen LogP contribution in [-0.2, 0) is 0 Å². The Morgan fingerprint density at radius 3 is 2.74 bits per heavy atom. The molecule has 0 aliphatic carbocycles. The van der Waals surface area contributed by atoms with E-state index < -0.39 is 0 Å². The molecule has 19 heavy (non-hydrogen) atoms. The summed E-state index contributed by atoms with van der Waals surface area (Å²) in [5, 5.41) is 8.98. The van der Waals surface area contributed by atoms with Gasteiger partial charge in [0.05, 0.1) is 11.5 Å². The highest BCUT2D eigenvalue weighted by atomic mass is 32.1. The average Bonchev–Trinajstić information content (AvgIpc) is 2.61. The molecule has 0 spiro atoms. The van der Waals surface area contributed by atoms with Crippen LogP contribution in [-0.4, -0.2) is 60.1 Å². The number of aliphatic hydroxyl groups is 1. The molecule has 0 atom stereocenters. The quantitative estimate of drug-likeness (QED) is 0.914. The smallest absolute Gasteiger partial charge is 0.263 e. The third kappa shape index (κ3) is 3.55. The maximum absolute atomic E-state index is 12.5. The van der Waals surface area contributed by atoms with Gasteiger partial charge in [0, 0.05) is 31.1 Å². The number of aryl methyl sites for hydroxylation is 2. The maximum atomic E-state index is 12.5. The fourth-order valence-corrected chi connectivity index (χ4v) is 3.38. The van der Waals surface area contributed by atoms with E-state index in [-0.39, 0.29) is 12.5 Å². The van der Waals surface area contributed by atoms with Crippen molar-refractivity contribution in [3.63, 3.8) is 0 Å². The maximum Gasteiger partial charge on any atom is 0.263 e. The molecule has 0 saturated carbocycles. The predicted octanol–water partition coefficient (Wildman–Crippen LogP) is 1.51. The van der Waals surface area contributed by atoms with Gasteiger partial charge in [0.1, 0.15) is 0 Å². The van der Waals surface area contributed by atoms with Crippen molar-refractivity contribution < 1.29 is 9.90 Å². The first kappa shape index (κ1) is 14.5. The second kappa shape index (κ2) is 6.50. The van der Waals surface area contributed by atoms with Gasteiger partial charge in [-0.2, -0.15) is 0 Å². The van der Waals surface area contributed by atoms with Crippen LogP contribution in [0.3, 0.4) is 0 Å². The van der Waals surface area contributed by atoms with E-state index >= 15 is 0 Å². The normalized spacial score (nSPS) is 17.5. The molecule has 1 aliphatic heterocycles. The summed E-state index contributed by atoms with van der Waals surface area (Å²) in [4.78, 5) is 18.7. The van der Waals surface area contributed by atoms with E-state index in [1.807, 2.05) is 17.9 Å². The number of carbonyl (C=O) groups excluding carboxylic acids is 1. The topological polar surface area (TPSA) is 43.8 Å². The van der Waals surface area contributed by atoms with E-state index in [2.05, 4.69) is 11.8 Å². The van der Waals surface area contributed by atoms with E-state index in [1.165, 1.54) is 10.4 Å². The summed E-state index contributed by atoms with van der Waals surface area (Å²) in [6.07, 6.45) is 0.981. The van der Waals surface area contributed by atoms with E-state index in [1.54, 1.807) is 11.3 Å². The highest BCUT2D eigenvalue weighted by molar-refractivity contribution is 7.14. The third-order valence-electron chi connectivity index (χ3n) is 3.67. The van der Waals surface area contributed by atoms with Crippen molar-refractivity contribution in [3.8, 4) is 0 Å². The molecular weight excluding hydrogens is 260 g/mol. The average molecular weight is 282 g/mol. The number of hydrogen-bond donors (Lipinski definition) is 1. The van der Waals surface area contributed by atoms with Gasteiger partial charge in [-0.25, -0.2) is 0 Å². The van der Waals surface area contributed by atoms with Gasteiger partial charge in [0.2, 0.25) is 0 Å². The Hall–Kier alpha value is -0.910. The van der Waals surface area contributed by atoms with E-state index in [0.717, 1.165) is 37.5 Å². The van der Waals surface area contributed by atoms with Crippen molar-refractivity contribution in [2.45, 2.75) is 20.3 Å². The van der Waals surface area contributed by atoms with Crippen LogP contribution < -0.4 is 0 Å². The summed E-state index contributed by atoms with van der Waals surface area (Å²) in [6, 6.07) is 2.00. The van der Waals surface area contributed by atoms with E-state index in [4.69, 9.17) is 5.11 Å². The molecule has 4 nitrogen and oxygen atoms in total. The monoisotopic (exact) mass is 282 g/mol. The molecule has 0 unspecified atom stereocenters. The molecule has 1 aromatic heterocycles. The predicted molar refractivity (Wildman–Crippen MR) is 77.8 cm³/mol. The zero-order chi connectivity index (χ0) is 13.8. The molecule has 1 aromatic rings. The molecule has 106 valence electrons. The van der Waals surface area contributed by atoms with E-state index in [0.29, 0.717) is 6.54 Å². The number of rotatable bonds is 3. The van der Waals surface area contributed by atoms with Crippen LogP contribution in [0.25, 0.3) is 0 Å². The molecule has 0 radical (unpaired) electrons. The lowest BCUT2D eigenvalue weighted by molar-refractivity contribution is 0.0765. The second-order valence-electron chi connectivity index (χ2n) is 5.06. The molecule has 1 amide bonds. The number of amides is 1. The number of hydrogen-bond acceptors (Lipinski definition) is 4. The summed E-state index contributed by atoms with van der Waals surface area (Å²) >= 11 is 1.59. The zero-order valence-electron chi connectivity index (χ0n) is 11.7. The standard InChI is InChI=1S/C14H22N2O2S/c1-11-10-13(19-12(11)2)14(18)16-5-3-4-15(6-7-16)8-9-17/h10,17H,3-9H2,1-2H3. The Bertz CT molecular complexity index is 425. The van der Waals surface area contributed by atoms with Crippen molar-refractivity contribution >= 4 is 17.2 Å². The van der Waals surface area contributed by atoms with Crippen LogP contribution in [0.4, 0.5) is 0 Å². The van der Waals surface area contributed by atoms with Gasteiger partial charge in [-0.05, 0) is 38.4 Å². The van der Waals surface area contributed by atoms with Crippen LogP contribution in [0.15, 0.2) is 6.07 Å². The Morgan fingerprint density at radius 2 is 2.11 bits per heavy atom. The fraction of sp³-hybridized carbons (Fsp3) is 0.643. The molecule has 5 heteroatoms. The largest absolute Gasteiger partial charge is 0.395 e. The zero-order valence-corrected chi connectivity index (χ0v) is 12.5. The lowest BCUT2D eigenvalue weighted by Crippen LogP contribution is -2.35. The van der Waals surface area contributed by atoms with Gasteiger partial charge in [-0.3, -0.25) is 9.69 Å². The molecule has 1 aliphatic rings. The van der Waals surface area contributed by atoms with E-state index in [9.17, 15) is 4.79 Å². The van der Waals surface area contributed by atoms with Gasteiger partial charge < -0.3 is 10.0 Å². The summed E-state index contributed by atoms with van der Waals surface area (Å²) in [6.45, 7) is 8.40. The number of thiophene rings is 1. The van der Waals surface area contributed by atoms with Crippen molar-refractivity contribution in [2.75, 3.05) is 39.3 Å². The van der Waals surface area contributed by atoms with Gasteiger partial charge in [-0.1, -0.05) is 0 Å². The first-order valence-electron chi connectivity index (χ1n) is 6.81. The van der Waals surface area contributed by atoms with Crippen LogP contribution in [0.1, 0.15) is 26.5 Å². The molecule has 0 bridgehead atoms. The summed E-state index contributed by atoms with van der Waals surface area (Å²) in [5.74, 6) is 0.159. The molecule has 2 rings (SSSR count). The van der Waals surface area contributed by atoms with Gasteiger partial charge >= 0.3 is 0 Å². The first-order chi connectivity index (χ1) is 9.11. The van der Waals surface area contributed by atoms with Crippen molar-refractivity contribution in [3.05, 3.63) is 21.4 Å². The Kier molecular flexibility index (Phi) is 4.96. The van der Waals surface area contributed by atoms with Crippen molar-refractivity contribution in [1.82, 2.24) is 9.80 Å². The SMILES string of the molecule is Cc1cc(C(=O)N2CCCN(CCO)CC2)sc1C. The van der Waals surface area contributed by atoms with Crippen LogP contribution in [0.5, 0.6) is 0 Å². The first-order valence-corrected chi connectivity index (χ1v) is 7.63. The number of β-amino-alcohol motifs (C(OH)–C–C–N with tert-alkyl or cyclic N) is 1. The lowest BCUT2D eigenvalue weighted by Gasteiger charge is -2.20. The summed E-state index contributed by atoms with van der Waals surface area (Å²) < 4.78 is 0. The fourth-order valence-electron chi connectivity index (χ4n) is 2.37. The molecule has 0 aromatic carbocycles. The van der Waals surface area contributed by atoms with Gasteiger partial charge in [0.15, 0.2) is 0 Å². The Balaban J connectivity index is 1.99. The Morgan fingerprint density at radius 1 is 1.32 bits per heavy atom. The lowest BCUT2D eigenvalue weighted by atomic mass is 10.2. The number of carbonyl (C=O) groups is 1. The van der Waals surface area contributed by atoms with Crippen LogP contribution >= 0.6 is 11.3 Å². The second-order valence-corrected chi connectivity index (χ2v) is 6.32. The molecule has 1 saturated heterocycles. The number of nitrogens with zero attached hydrogens (tertiary/aromatic N) is 2. The molecule has 1 fully saturated rings.